The van der Waals surface area contributed by atoms with Crippen molar-refractivity contribution in [1.82, 2.24) is 20.3 Å². The molecule has 2 N–H and O–H groups in total. The van der Waals surface area contributed by atoms with Crippen LogP contribution in [0.15, 0.2) is 6.20 Å². The molecule has 0 bridgehead atoms. The number of nitrogens with zero attached hydrogens (tertiary/aromatic N) is 3. The van der Waals surface area contributed by atoms with E-state index in [9.17, 15) is 9.59 Å². The Hall–Kier alpha value is -1.92. The topological polar surface area (TPSA) is 97.1 Å². The lowest BCUT2D eigenvalue weighted by molar-refractivity contribution is -0.136. The number of nitrogens with one attached hydrogen (secondary N) is 1. The number of carbonyl (C=O) groups excluding carboxylic acids is 1. The number of aliphatic carboxylic acids is 1. The molecule has 1 aromatic heterocycles. The molecule has 0 spiro atoms. The van der Waals surface area contributed by atoms with Gasteiger partial charge >= 0.3 is 5.97 Å². The van der Waals surface area contributed by atoms with Crippen LogP contribution in [0.1, 0.15) is 38.9 Å². The summed E-state index contributed by atoms with van der Waals surface area (Å²) in [6, 6.07) is -0.498. The summed E-state index contributed by atoms with van der Waals surface area (Å²) in [5, 5.41) is 19.0. The molecule has 0 saturated carbocycles. The molecule has 0 radical (unpaired) electrons. The Bertz CT molecular complexity index is 442. The van der Waals surface area contributed by atoms with Crippen LogP contribution >= 0.6 is 0 Å². The van der Waals surface area contributed by atoms with E-state index in [0.717, 1.165) is 6.42 Å². The van der Waals surface area contributed by atoms with Gasteiger partial charge in [0.05, 0.1) is 12.1 Å². The maximum Gasteiger partial charge on any atom is 0.309 e. The highest BCUT2D eigenvalue weighted by Gasteiger charge is 2.17. The molecule has 1 unspecified atom stereocenters. The number of amides is 1. The molecule has 1 atom stereocenters. The van der Waals surface area contributed by atoms with Crippen molar-refractivity contribution < 1.29 is 14.7 Å². The van der Waals surface area contributed by atoms with Crippen molar-refractivity contribution in [1.29, 1.82) is 0 Å². The summed E-state index contributed by atoms with van der Waals surface area (Å²) in [6.07, 6.45) is 2.21. The molecule has 1 heterocycles. The zero-order valence-corrected chi connectivity index (χ0v) is 11.5. The van der Waals surface area contributed by atoms with Crippen LogP contribution in [0.4, 0.5) is 0 Å². The third kappa shape index (κ3) is 5.07. The average molecular weight is 268 g/mol. The van der Waals surface area contributed by atoms with Crippen LogP contribution in [0.2, 0.25) is 0 Å². The predicted molar refractivity (Wildman–Crippen MR) is 68.5 cm³/mol. The first-order valence-corrected chi connectivity index (χ1v) is 6.30. The Morgan fingerprint density at radius 3 is 2.68 bits per heavy atom. The van der Waals surface area contributed by atoms with Crippen molar-refractivity contribution in [3.63, 3.8) is 0 Å². The Kier molecular flexibility index (Phi) is 5.47. The van der Waals surface area contributed by atoms with Gasteiger partial charge in [0.15, 0.2) is 0 Å². The van der Waals surface area contributed by atoms with Crippen molar-refractivity contribution >= 4 is 11.9 Å². The molecular formula is C12H20N4O3. The summed E-state index contributed by atoms with van der Waals surface area (Å²) in [7, 11) is 0. The SMILES string of the molecule is CC(C)CCNC(=O)C(C)n1cc(CC(=O)O)nn1. The molecule has 7 nitrogen and oxygen atoms in total. The molecule has 0 aliphatic carbocycles. The molecule has 0 saturated heterocycles. The fourth-order valence-electron chi connectivity index (χ4n) is 1.49. The number of carboxylic acids is 1. The van der Waals surface area contributed by atoms with Crippen LogP contribution in [0, 0.1) is 5.92 Å². The molecule has 1 amide bonds. The van der Waals surface area contributed by atoms with Gasteiger partial charge < -0.3 is 10.4 Å². The van der Waals surface area contributed by atoms with E-state index in [4.69, 9.17) is 5.11 Å². The lowest BCUT2D eigenvalue weighted by Crippen LogP contribution is -2.32. The molecule has 0 aromatic carbocycles. The third-order valence-corrected chi connectivity index (χ3v) is 2.69. The fourth-order valence-corrected chi connectivity index (χ4v) is 1.49. The van der Waals surface area contributed by atoms with Crippen LogP contribution in [0.5, 0.6) is 0 Å². The van der Waals surface area contributed by atoms with Crippen LogP contribution in [0.25, 0.3) is 0 Å². The second kappa shape index (κ2) is 6.86. The van der Waals surface area contributed by atoms with Crippen molar-refractivity contribution in [2.45, 2.75) is 39.7 Å². The lowest BCUT2D eigenvalue weighted by Gasteiger charge is -2.12. The van der Waals surface area contributed by atoms with Gasteiger partial charge in [0.1, 0.15) is 6.04 Å². The van der Waals surface area contributed by atoms with Gasteiger partial charge in [-0.25, -0.2) is 4.68 Å². The molecule has 7 heteroatoms. The minimum Gasteiger partial charge on any atom is -0.481 e. The largest absolute Gasteiger partial charge is 0.481 e. The molecule has 0 aliphatic heterocycles. The van der Waals surface area contributed by atoms with Crippen molar-refractivity contribution in [3.05, 3.63) is 11.9 Å². The summed E-state index contributed by atoms with van der Waals surface area (Å²) < 4.78 is 1.38. The summed E-state index contributed by atoms with van der Waals surface area (Å²) in [6.45, 7) is 6.50. The smallest absolute Gasteiger partial charge is 0.309 e. The maximum absolute atomic E-state index is 11.8. The molecular weight excluding hydrogens is 248 g/mol. The minimum absolute atomic E-state index is 0.146. The van der Waals surface area contributed by atoms with Gasteiger partial charge in [-0.1, -0.05) is 19.1 Å². The van der Waals surface area contributed by atoms with Gasteiger partial charge in [0, 0.05) is 12.7 Å². The number of aromatic nitrogens is 3. The van der Waals surface area contributed by atoms with Gasteiger partial charge in [-0.05, 0) is 19.3 Å². The normalized spacial score (nSPS) is 12.4. The van der Waals surface area contributed by atoms with Crippen LogP contribution < -0.4 is 5.32 Å². The van der Waals surface area contributed by atoms with E-state index in [0.29, 0.717) is 18.2 Å². The van der Waals surface area contributed by atoms with Crippen LogP contribution in [-0.4, -0.2) is 38.5 Å². The van der Waals surface area contributed by atoms with Crippen LogP contribution in [-0.2, 0) is 16.0 Å². The standard InChI is InChI=1S/C12H20N4O3/c1-8(2)4-5-13-12(19)9(3)16-7-10(14-15-16)6-11(17)18/h7-9H,4-6H2,1-3H3,(H,13,19)(H,17,18). The summed E-state index contributed by atoms with van der Waals surface area (Å²) >= 11 is 0. The first kappa shape index (κ1) is 15.1. The summed E-state index contributed by atoms with van der Waals surface area (Å²) in [5.74, 6) is -0.586. The molecule has 0 aliphatic rings. The second-order valence-corrected chi connectivity index (χ2v) is 4.91. The van der Waals surface area contributed by atoms with E-state index in [2.05, 4.69) is 29.5 Å². The zero-order chi connectivity index (χ0) is 14.4. The van der Waals surface area contributed by atoms with E-state index in [-0.39, 0.29) is 12.3 Å². The Labute approximate surface area is 112 Å². The highest BCUT2D eigenvalue weighted by molar-refractivity contribution is 5.79. The van der Waals surface area contributed by atoms with Gasteiger partial charge in [-0.2, -0.15) is 0 Å². The zero-order valence-electron chi connectivity index (χ0n) is 11.5. The monoisotopic (exact) mass is 268 g/mol. The van der Waals surface area contributed by atoms with E-state index in [1.165, 1.54) is 10.9 Å². The van der Waals surface area contributed by atoms with Crippen molar-refractivity contribution in [3.8, 4) is 0 Å². The molecule has 19 heavy (non-hydrogen) atoms. The molecule has 106 valence electrons. The van der Waals surface area contributed by atoms with Crippen molar-refractivity contribution in [2.24, 2.45) is 5.92 Å². The Balaban J connectivity index is 2.51. The fraction of sp³-hybridized carbons (Fsp3) is 0.667. The van der Waals surface area contributed by atoms with Gasteiger partial charge in [0.2, 0.25) is 5.91 Å². The van der Waals surface area contributed by atoms with E-state index in [1.54, 1.807) is 6.92 Å². The van der Waals surface area contributed by atoms with Gasteiger partial charge in [-0.15, -0.1) is 5.10 Å². The number of carbonyl (C=O) groups is 2. The van der Waals surface area contributed by atoms with E-state index >= 15 is 0 Å². The van der Waals surface area contributed by atoms with E-state index in [1.807, 2.05) is 0 Å². The summed E-state index contributed by atoms with van der Waals surface area (Å²) in [4.78, 5) is 22.4. The highest BCUT2D eigenvalue weighted by atomic mass is 16.4. The first-order valence-electron chi connectivity index (χ1n) is 6.30. The highest BCUT2D eigenvalue weighted by Crippen LogP contribution is 2.06. The predicted octanol–water partition coefficient (Wildman–Crippen LogP) is 0.628. The second-order valence-electron chi connectivity index (χ2n) is 4.91. The van der Waals surface area contributed by atoms with Crippen LogP contribution in [0.3, 0.4) is 0 Å². The Morgan fingerprint density at radius 1 is 1.42 bits per heavy atom. The van der Waals surface area contributed by atoms with Crippen molar-refractivity contribution in [2.75, 3.05) is 6.54 Å². The molecule has 0 fully saturated rings. The Morgan fingerprint density at radius 2 is 2.11 bits per heavy atom. The number of hydrogen-bond donors (Lipinski definition) is 2. The number of carboxylic acid groups (broad SMARTS) is 1. The van der Waals surface area contributed by atoms with Gasteiger partial charge in [0.25, 0.3) is 0 Å². The quantitative estimate of drug-likeness (QED) is 0.756. The maximum atomic E-state index is 11.8. The molecule has 1 aromatic rings. The number of rotatable bonds is 7. The number of hydrogen-bond acceptors (Lipinski definition) is 4. The summed E-state index contributed by atoms with van der Waals surface area (Å²) in [5.41, 5.74) is 0.342. The minimum atomic E-state index is -0.971. The van der Waals surface area contributed by atoms with Gasteiger partial charge in [-0.3, -0.25) is 9.59 Å². The third-order valence-electron chi connectivity index (χ3n) is 2.69. The first-order chi connectivity index (χ1) is 8.90. The lowest BCUT2D eigenvalue weighted by atomic mass is 10.1. The van der Waals surface area contributed by atoms with E-state index < -0.39 is 12.0 Å². The average Bonchev–Trinajstić information content (AvgIpc) is 2.74. The molecule has 1 rings (SSSR count).